The molecule has 1 fully saturated rings. The first kappa shape index (κ1) is 8.83. The van der Waals surface area contributed by atoms with Crippen LogP contribution in [0.3, 0.4) is 0 Å². The zero-order chi connectivity index (χ0) is 7.94. The van der Waals surface area contributed by atoms with Crippen molar-refractivity contribution in [2.75, 3.05) is 6.54 Å². The zero-order valence-electron chi connectivity index (χ0n) is 7.18. The highest BCUT2D eigenvalue weighted by Gasteiger charge is 2.04. The van der Waals surface area contributed by atoms with Crippen molar-refractivity contribution in [2.45, 2.75) is 44.8 Å². The zero-order valence-corrected chi connectivity index (χ0v) is 7.18. The van der Waals surface area contributed by atoms with Crippen molar-refractivity contribution < 1.29 is 0 Å². The van der Waals surface area contributed by atoms with E-state index in [1.807, 2.05) is 0 Å². The average Bonchev–Trinajstić information content (AvgIpc) is 2.07. The Balaban J connectivity index is 2.15. The van der Waals surface area contributed by atoms with Gasteiger partial charge in [-0.3, -0.25) is 4.99 Å². The van der Waals surface area contributed by atoms with E-state index in [1.54, 1.807) is 0 Å². The SMILES string of the molecule is [B]CCCN=C1CCCCC1. The number of aliphatic imine (C=N–C) groups is 1. The Kier molecular flexibility index (Phi) is 4.33. The van der Waals surface area contributed by atoms with E-state index < -0.39 is 0 Å². The molecule has 1 rings (SSSR count). The molecule has 1 aliphatic rings. The molecule has 0 N–H and O–H groups in total. The molecule has 60 valence electrons. The number of hydrogen-bond acceptors (Lipinski definition) is 1. The lowest BCUT2D eigenvalue weighted by molar-refractivity contribution is 0.662. The summed E-state index contributed by atoms with van der Waals surface area (Å²) in [5.74, 6) is 0. The fourth-order valence-electron chi connectivity index (χ4n) is 1.45. The highest BCUT2D eigenvalue weighted by molar-refractivity contribution is 6.08. The van der Waals surface area contributed by atoms with E-state index in [0.29, 0.717) is 0 Å². The van der Waals surface area contributed by atoms with Gasteiger partial charge >= 0.3 is 0 Å². The third-order valence-electron chi connectivity index (χ3n) is 2.13. The maximum Gasteiger partial charge on any atom is 0.0653 e. The van der Waals surface area contributed by atoms with Crippen molar-refractivity contribution in [2.24, 2.45) is 4.99 Å². The Morgan fingerprint density at radius 3 is 2.55 bits per heavy atom. The van der Waals surface area contributed by atoms with E-state index in [2.05, 4.69) is 4.99 Å². The van der Waals surface area contributed by atoms with Crippen molar-refractivity contribution >= 4 is 13.6 Å². The van der Waals surface area contributed by atoms with Gasteiger partial charge < -0.3 is 0 Å². The van der Waals surface area contributed by atoms with Gasteiger partial charge in [0.2, 0.25) is 0 Å². The van der Waals surface area contributed by atoms with Gasteiger partial charge in [0.05, 0.1) is 7.85 Å². The topological polar surface area (TPSA) is 12.4 Å². The molecule has 0 amide bonds. The van der Waals surface area contributed by atoms with Gasteiger partial charge in [0, 0.05) is 12.3 Å². The molecule has 1 saturated carbocycles. The van der Waals surface area contributed by atoms with E-state index in [1.165, 1.54) is 37.8 Å². The fraction of sp³-hybridized carbons (Fsp3) is 0.889. The van der Waals surface area contributed by atoms with Gasteiger partial charge in [0.15, 0.2) is 0 Å². The highest BCUT2D eigenvalue weighted by Crippen LogP contribution is 2.14. The molecule has 0 heterocycles. The van der Waals surface area contributed by atoms with Gasteiger partial charge in [-0.05, 0) is 32.1 Å². The van der Waals surface area contributed by atoms with Gasteiger partial charge in [0.1, 0.15) is 0 Å². The second-order valence-corrected chi connectivity index (χ2v) is 3.15. The summed E-state index contributed by atoms with van der Waals surface area (Å²) in [4.78, 5) is 4.51. The van der Waals surface area contributed by atoms with E-state index in [9.17, 15) is 0 Å². The lowest BCUT2D eigenvalue weighted by atomic mass is 9.98. The molecular formula is C9H16BN. The first-order chi connectivity index (χ1) is 5.43. The number of rotatable bonds is 3. The summed E-state index contributed by atoms with van der Waals surface area (Å²) in [6.45, 7) is 0.950. The van der Waals surface area contributed by atoms with Crippen LogP contribution in [0.1, 0.15) is 38.5 Å². The Hall–Kier alpha value is -0.265. The molecule has 0 unspecified atom stereocenters. The van der Waals surface area contributed by atoms with Gasteiger partial charge in [-0.2, -0.15) is 0 Å². The van der Waals surface area contributed by atoms with Gasteiger partial charge in [-0.25, -0.2) is 0 Å². The van der Waals surface area contributed by atoms with Crippen molar-refractivity contribution in [3.05, 3.63) is 0 Å². The third-order valence-corrected chi connectivity index (χ3v) is 2.13. The molecule has 1 nitrogen and oxygen atoms in total. The number of nitrogens with zero attached hydrogens (tertiary/aromatic N) is 1. The smallest absolute Gasteiger partial charge is 0.0653 e. The van der Waals surface area contributed by atoms with Crippen molar-refractivity contribution in [3.8, 4) is 0 Å². The second kappa shape index (κ2) is 5.39. The Bertz CT molecular complexity index is 124. The molecule has 0 atom stereocenters. The Labute approximate surface area is 70.7 Å². The minimum Gasteiger partial charge on any atom is -0.294 e. The third kappa shape index (κ3) is 3.59. The van der Waals surface area contributed by atoms with Crippen molar-refractivity contribution in [1.29, 1.82) is 0 Å². The molecule has 2 heteroatoms. The minimum atomic E-state index is 0.775. The lowest BCUT2D eigenvalue weighted by Gasteiger charge is -2.11. The summed E-state index contributed by atoms with van der Waals surface area (Å²) in [6, 6.07) is 0. The molecule has 2 radical (unpaired) electrons. The number of hydrogen-bond donors (Lipinski definition) is 0. The molecule has 0 aliphatic heterocycles. The van der Waals surface area contributed by atoms with Crippen LogP contribution in [-0.2, 0) is 0 Å². The molecule has 0 aromatic heterocycles. The molecular weight excluding hydrogens is 133 g/mol. The normalized spacial score (nSPS) is 18.4. The Morgan fingerprint density at radius 2 is 1.91 bits per heavy atom. The quantitative estimate of drug-likeness (QED) is 0.431. The summed E-state index contributed by atoms with van der Waals surface area (Å²) in [7, 11) is 5.37. The summed E-state index contributed by atoms with van der Waals surface area (Å²) in [5.41, 5.74) is 1.43. The fourth-order valence-corrected chi connectivity index (χ4v) is 1.45. The maximum absolute atomic E-state index is 5.37. The molecule has 0 aromatic carbocycles. The first-order valence-electron chi connectivity index (χ1n) is 4.66. The second-order valence-electron chi connectivity index (χ2n) is 3.15. The maximum atomic E-state index is 5.37. The monoisotopic (exact) mass is 149 g/mol. The summed E-state index contributed by atoms with van der Waals surface area (Å²) in [6.07, 6.45) is 8.40. The van der Waals surface area contributed by atoms with Crippen LogP contribution >= 0.6 is 0 Å². The molecule has 0 bridgehead atoms. The van der Waals surface area contributed by atoms with Crippen LogP contribution in [-0.4, -0.2) is 20.1 Å². The summed E-state index contributed by atoms with van der Waals surface area (Å²) >= 11 is 0. The highest BCUT2D eigenvalue weighted by atomic mass is 14.7. The lowest BCUT2D eigenvalue weighted by Crippen LogP contribution is -2.05. The predicted octanol–water partition coefficient (Wildman–Crippen LogP) is 2.37. The van der Waals surface area contributed by atoms with Crippen LogP contribution in [0.2, 0.25) is 6.32 Å². The van der Waals surface area contributed by atoms with E-state index in [-0.39, 0.29) is 0 Å². The molecule has 0 spiro atoms. The van der Waals surface area contributed by atoms with Gasteiger partial charge in [-0.15, -0.1) is 0 Å². The average molecular weight is 149 g/mol. The molecule has 1 aliphatic carbocycles. The van der Waals surface area contributed by atoms with Crippen LogP contribution in [0.5, 0.6) is 0 Å². The van der Waals surface area contributed by atoms with Crippen LogP contribution in [0.4, 0.5) is 0 Å². The van der Waals surface area contributed by atoms with Crippen molar-refractivity contribution in [1.82, 2.24) is 0 Å². The molecule has 11 heavy (non-hydrogen) atoms. The van der Waals surface area contributed by atoms with E-state index in [0.717, 1.165) is 19.3 Å². The van der Waals surface area contributed by atoms with Crippen LogP contribution in [0.25, 0.3) is 0 Å². The Morgan fingerprint density at radius 1 is 1.18 bits per heavy atom. The van der Waals surface area contributed by atoms with Gasteiger partial charge in [-0.1, -0.05) is 12.7 Å². The van der Waals surface area contributed by atoms with Crippen LogP contribution in [0.15, 0.2) is 4.99 Å². The molecule has 0 aromatic rings. The van der Waals surface area contributed by atoms with E-state index in [4.69, 9.17) is 7.85 Å². The minimum absolute atomic E-state index is 0.775. The van der Waals surface area contributed by atoms with Crippen LogP contribution in [0, 0.1) is 0 Å². The predicted molar refractivity (Wildman–Crippen MR) is 50.6 cm³/mol. The largest absolute Gasteiger partial charge is 0.294 e. The summed E-state index contributed by atoms with van der Waals surface area (Å²) < 4.78 is 0. The standard InChI is InChI=1S/C9H16BN/c10-7-4-8-11-9-5-2-1-3-6-9/h1-8H2. The van der Waals surface area contributed by atoms with Gasteiger partial charge in [0.25, 0.3) is 0 Å². The van der Waals surface area contributed by atoms with Crippen molar-refractivity contribution in [3.63, 3.8) is 0 Å². The van der Waals surface area contributed by atoms with E-state index >= 15 is 0 Å². The first-order valence-corrected chi connectivity index (χ1v) is 4.66. The summed E-state index contributed by atoms with van der Waals surface area (Å²) in [5, 5.41) is 0. The van der Waals surface area contributed by atoms with Crippen LogP contribution < -0.4 is 0 Å². The molecule has 0 saturated heterocycles.